The first-order valence-electron chi connectivity index (χ1n) is 11.8. The molecule has 1 saturated carbocycles. The van der Waals surface area contributed by atoms with Crippen LogP contribution in [0.1, 0.15) is 32.1 Å². The predicted molar refractivity (Wildman–Crippen MR) is 130 cm³/mol. The fraction of sp³-hybridized carbons (Fsp3) is 0.640. The Morgan fingerprint density at radius 2 is 1.94 bits per heavy atom. The fourth-order valence-corrected chi connectivity index (χ4v) is 4.93. The Hall–Kier alpha value is -1.31. The summed E-state index contributed by atoms with van der Waals surface area (Å²) in [5.41, 5.74) is 0. The van der Waals surface area contributed by atoms with Crippen molar-refractivity contribution >= 4 is 29.2 Å². The van der Waals surface area contributed by atoms with Gasteiger partial charge in [-0.2, -0.15) is 0 Å². The maximum Gasteiger partial charge on any atom is 0.305 e. The van der Waals surface area contributed by atoms with Gasteiger partial charge < -0.3 is 19.3 Å². The summed E-state index contributed by atoms with van der Waals surface area (Å²) in [5, 5.41) is 11.0. The summed E-state index contributed by atoms with van der Waals surface area (Å²) >= 11 is 12.4. The number of unbranched alkanes of at least 4 members (excludes halogenated alkanes) is 1. The van der Waals surface area contributed by atoms with Crippen molar-refractivity contribution in [1.29, 1.82) is 0 Å². The Morgan fingerprint density at radius 3 is 2.70 bits per heavy atom. The van der Waals surface area contributed by atoms with Crippen LogP contribution >= 0.6 is 23.2 Å². The largest absolute Gasteiger partial charge is 0.493 e. The number of aliphatic hydroxyl groups is 1. The topological polar surface area (TPSA) is 68.2 Å². The maximum absolute atomic E-state index is 11.9. The molecule has 3 rings (SSSR count). The fourth-order valence-electron chi connectivity index (χ4n) is 4.34. The van der Waals surface area contributed by atoms with Crippen molar-refractivity contribution in [1.82, 2.24) is 4.90 Å². The molecule has 8 heteroatoms. The molecule has 0 bridgehead atoms. The molecule has 1 N–H and O–H groups in total. The number of aliphatic hydroxyl groups excluding tert-OH is 1. The number of alkyl halides is 1. The van der Waals surface area contributed by atoms with Crippen molar-refractivity contribution < 1.29 is 24.1 Å². The molecule has 1 heterocycles. The minimum absolute atomic E-state index is 0.0192. The Morgan fingerprint density at radius 1 is 1.18 bits per heavy atom. The minimum Gasteiger partial charge on any atom is -0.493 e. The molecule has 6 nitrogen and oxygen atoms in total. The number of halogens is 2. The summed E-state index contributed by atoms with van der Waals surface area (Å²) in [7, 11) is 0. The molecule has 1 aromatic carbocycles. The van der Waals surface area contributed by atoms with E-state index in [2.05, 4.69) is 17.1 Å². The minimum atomic E-state index is -0.467. The standard InChI is InChI=1S/C25H35Cl2NO5/c26-19-7-9-20(10-8-19)33-18-22-21(23(27)17-24(22)29)5-3-1-2-4-6-25(30)32-16-13-28-11-14-31-15-12-28/h1,3,7-10,21-24,29H,2,4-6,11-18H2/b3-1-/t21-,22-,23-,24-/m1/s1. The molecular weight excluding hydrogens is 465 g/mol. The highest BCUT2D eigenvalue weighted by Gasteiger charge is 2.41. The van der Waals surface area contributed by atoms with E-state index < -0.39 is 6.10 Å². The number of hydrogen-bond donors (Lipinski definition) is 1. The predicted octanol–water partition coefficient (Wildman–Crippen LogP) is 4.32. The van der Waals surface area contributed by atoms with Gasteiger partial charge in [-0.25, -0.2) is 0 Å². The summed E-state index contributed by atoms with van der Waals surface area (Å²) in [6, 6.07) is 7.22. The summed E-state index contributed by atoms with van der Waals surface area (Å²) in [4.78, 5) is 14.1. The Bertz CT molecular complexity index is 739. The van der Waals surface area contributed by atoms with Crippen molar-refractivity contribution in [2.75, 3.05) is 46.1 Å². The first kappa shape index (κ1) is 26.3. The second kappa shape index (κ2) is 14.2. The van der Waals surface area contributed by atoms with E-state index in [0.29, 0.717) is 31.1 Å². The first-order valence-corrected chi connectivity index (χ1v) is 12.7. The molecule has 4 atom stereocenters. The van der Waals surface area contributed by atoms with E-state index in [9.17, 15) is 9.90 Å². The normalized spacial score (nSPS) is 26.0. The molecule has 0 radical (unpaired) electrons. The number of ether oxygens (including phenoxy) is 3. The van der Waals surface area contributed by atoms with Crippen LogP contribution in [0.2, 0.25) is 5.02 Å². The molecule has 1 aliphatic carbocycles. The van der Waals surface area contributed by atoms with Crippen LogP contribution in [-0.4, -0.2) is 73.5 Å². The summed E-state index contributed by atoms with van der Waals surface area (Å²) in [6.07, 6.45) is 7.08. The molecule has 1 aromatic rings. The van der Waals surface area contributed by atoms with E-state index in [0.717, 1.165) is 57.9 Å². The van der Waals surface area contributed by atoms with Crippen molar-refractivity contribution in [3.05, 3.63) is 41.4 Å². The Labute approximate surface area is 206 Å². The summed E-state index contributed by atoms with van der Waals surface area (Å²) in [5.74, 6) is 0.719. The lowest BCUT2D eigenvalue weighted by atomic mass is 9.92. The lowest BCUT2D eigenvalue weighted by Crippen LogP contribution is -2.38. The average Bonchev–Trinajstić information content (AvgIpc) is 3.08. The molecule has 0 amide bonds. The molecule has 0 spiro atoms. The number of carbonyl (C=O) groups is 1. The van der Waals surface area contributed by atoms with Gasteiger partial charge in [0.25, 0.3) is 0 Å². The van der Waals surface area contributed by atoms with Crippen LogP contribution < -0.4 is 4.74 Å². The molecule has 2 fully saturated rings. The molecule has 2 aliphatic rings. The first-order chi connectivity index (χ1) is 16.0. The van der Waals surface area contributed by atoms with E-state index in [1.807, 2.05) is 12.1 Å². The molecule has 1 saturated heterocycles. The van der Waals surface area contributed by atoms with Gasteiger partial charge in [0.1, 0.15) is 12.4 Å². The molecule has 33 heavy (non-hydrogen) atoms. The zero-order valence-electron chi connectivity index (χ0n) is 19.0. The van der Waals surface area contributed by atoms with Gasteiger partial charge >= 0.3 is 5.97 Å². The molecular formula is C25H35Cl2NO5. The number of benzene rings is 1. The van der Waals surface area contributed by atoms with Gasteiger partial charge in [0.2, 0.25) is 0 Å². The third kappa shape index (κ3) is 9.10. The van der Waals surface area contributed by atoms with Crippen LogP contribution in [0.3, 0.4) is 0 Å². The highest BCUT2D eigenvalue weighted by Crippen LogP contribution is 2.39. The zero-order chi connectivity index (χ0) is 23.5. The second-order valence-electron chi connectivity index (χ2n) is 8.69. The molecule has 1 aliphatic heterocycles. The van der Waals surface area contributed by atoms with E-state index >= 15 is 0 Å². The van der Waals surface area contributed by atoms with Gasteiger partial charge in [0.15, 0.2) is 0 Å². The molecule has 0 aromatic heterocycles. The summed E-state index contributed by atoms with van der Waals surface area (Å²) < 4.78 is 16.5. The van der Waals surface area contributed by atoms with Crippen LogP contribution in [0, 0.1) is 11.8 Å². The highest BCUT2D eigenvalue weighted by molar-refractivity contribution is 6.30. The van der Waals surface area contributed by atoms with Crippen LogP contribution in [0.4, 0.5) is 0 Å². The van der Waals surface area contributed by atoms with E-state index in [1.54, 1.807) is 12.1 Å². The van der Waals surface area contributed by atoms with Gasteiger partial charge in [-0.3, -0.25) is 9.69 Å². The third-order valence-corrected chi connectivity index (χ3v) is 7.09. The van der Waals surface area contributed by atoms with Crippen LogP contribution in [0.25, 0.3) is 0 Å². The highest BCUT2D eigenvalue weighted by atomic mass is 35.5. The van der Waals surface area contributed by atoms with Crippen molar-refractivity contribution in [2.24, 2.45) is 11.8 Å². The third-order valence-electron chi connectivity index (χ3n) is 6.33. The van der Waals surface area contributed by atoms with Crippen molar-refractivity contribution in [2.45, 2.75) is 43.6 Å². The monoisotopic (exact) mass is 499 g/mol. The zero-order valence-corrected chi connectivity index (χ0v) is 20.6. The number of carbonyl (C=O) groups excluding carboxylic acids is 1. The van der Waals surface area contributed by atoms with Gasteiger partial charge in [0.05, 0.1) is 25.9 Å². The van der Waals surface area contributed by atoms with Gasteiger partial charge in [-0.1, -0.05) is 23.8 Å². The maximum atomic E-state index is 11.9. The van der Waals surface area contributed by atoms with E-state index in [4.69, 9.17) is 37.4 Å². The number of hydrogen-bond acceptors (Lipinski definition) is 6. The van der Waals surface area contributed by atoms with Gasteiger partial charge in [-0.05, 0) is 55.9 Å². The van der Waals surface area contributed by atoms with Gasteiger partial charge in [-0.15, -0.1) is 11.6 Å². The number of nitrogens with zero attached hydrogens (tertiary/aromatic N) is 1. The lowest BCUT2D eigenvalue weighted by Gasteiger charge is -2.26. The van der Waals surface area contributed by atoms with Crippen LogP contribution in [-0.2, 0) is 14.3 Å². The van der Waals surface area contributed by atoms with Crippen molar-refractivity contribution in [3.63, 3.8) is 0 Å². The van der Waals surface area contributed by atoms with Crippen LogP contribution in [0.5, 0.6) is 5.75 Å². The summed E-state index contributed by atoms with van der Waals surface area (Å²) in [6.45, 7) is 4.93. The van der Waals surface area contributed by atoms with Gasteiger partial charge in [0, 0.05) is 42.4 Å². The molecule has 0 unspecified atom stereocenters. The smallest absolute Gasteiger partial charge is 0.305 e. The average molecular weight is 500 g/mol. The van der Waals surface area contributed by atoms with E-state index in [-0.39, 0.29) is 23.2 Å². The SMILES string of the molecule is O=C(CCC/C=C\C[C@@H]1[C@@H](COc2ccc(Cl)cc2)[C@H](O)C[C@H]1Cl)OCCN1CCOCC1. The van der Waals surface area contributed by atoms with Crippen molar-refractivity contribution in [3.8, 4) is 5.75 Å². The number of rotatable bonds is 12. The quantitative estimate of drug-likeness (QED) is 0.200. The van der Waals surface area contributed by atoms with E-state index in [1.165, 1.54) is 0 Å². The Kier molecular flexibility index (Phi) is 11.3. The number of esters is 1. The lowest BCUT2D eigenvalue weighted by molar-refractivity contribution is -0.144. The molecule has 184 valence electrons. The second-order valence-corrected chi connectivity index (χ2v) is 9.68. The number of morpholine rings is 1. The Balaban J connectivity index is 1.30. The van der Waals surface area contributed by atoms with Crippen LogP contribution in [0.15, 0.2) is 36.4 Å². The number of allylic oxidation sites excluding steroid dienone is 2.